The lowest BCUT2D eigenvalue weighted by Gasteiger charge is -2.14. The number of nitro groups is 1. The van der Waals surface area contributed by atoms with Crippen LogP contribution < -0.4 is 10.1 Å². The first-order chi connectivity index (χ1) is 9.49. The van der Waals surface area contributed by atoms with Crippen molar-refractivity contribution in [3.05, 3.63) is 33.9 Å². The molecule has 0 saturated carbocycles. The van der Waals surface area contributed by atoms with Crippen molar-refractivity contribution in [3.8, 4) is 5.75 Å². The van der Waals surface area contributed by atoms with E-state index < -0.39 is 11.0 Å². The number of carbonyl (C=O) groups excluding carboxylic acids is 2. The minimum Gasteiger partial charge on any atom is -0.474 e. The van der Waals surface area contributed by atoms with Crippen LogP contribution in [0, 0.1) is 10.1 Å². The summed E-state index contributed by atoms with van der Waals surface area (Å²) >= 11 is 0. The maximum atomic E-state index is 11.6. The molecule has 0 fully saturated rings. The molecule has 7 heteroatoms. The molecule has 1 amide bonds. The molecule has 0 bridgehead atoms. The molecule has 0 heterocycles. The molecular formula is C13H16N2O5. The van der Waals surface area contributed by atoms with E-state index in [4.69, 9.17) is 4.74 Å². The summed E-state index contributed by atoms with van der Waals surface area (Å²) in [5.41, 5.74) is -0.170. The Kier molecular flexibility index (Phi) is 5.64. The monoisotopic (exact) mass is 280 g/mol. The summed E-state index contributed by atoms with van der Waals surface area (Å²) in [5, 5.41) is 13.6. The Labute approximate surface area is 116 Å². The minimum atomic E-state index is -0.859. The largest absolute Gasteiger partial charge is 0.474 e. The zero-order chi connectivity index (χ0) is 15.1. The van der Waals surface area contributed by atoms with Crippen LogP contribution in [-0.2, 0) is 4.79 Å². The van der Waals surface area contributed by atoms with Gasteiger partial charge < -0.3 is 10.1 Å². The second kappa shape index (κ2) is 7.22. The quantitative estimate of drug-likeness (QED) is 0.465. The molecule has 1 unspecified atom stereocenters. The second-order valence-electron chi connectivity index (χ2n) is 4.15. The number of hydrogen-bond donors (Lipinski definition) is 1. The van der Waals surface area contributed by atoms with Gasteiger partial charge >= 0.3 is 5.69 Å². The second-order valence-corrected chi connectivity index (χ2v) is 4.15. The predicted octanol–water partition coefficient (Wildman–Crippen LogP) is 1.70. The van der Waals surface area contributed by atoms with E-state index in [0.29, 0.717) is 12.8 Å². The van der Waals surface area contributed by atoms with Crippen molar-refractivity contribution in [2.45, 2.75) is 26.4 Å². The van der Waals surface area contributed by atoms with Gasteiger partial charge in [0.05, 0.1) is 4.92 Å². The highest BCUT2D eigenvalue weighted by Gasteiger charge is 2.21. The summed E-state index contributed by atoms with van der Waals surface area (Å²) in [6, 6.07) is 3.82. The van der Waals surface area contributed by atoms with E-state index in [-0.39, 0.29) is 22.9 Å². The number of nitrogens with zero attached hydrogens (tertiary/aromatic N) is 1. The van der Waals surface area contributed by atoms with Crippen molar-refractivity contribution < 1.29 is 19.2 Å². The molecular weight excluding hydrogens is 264 g/mol. The summed E-state index contributed by atoms with van der Waals surface area (Å²) in [6.45, 7) is 3.93. The van der Waals surface area contributed by atoms with Gasteiger partial charge in [0.15, 0.2) is 11.9 Å². The van der Waals surface area contributed by atoms with Crippen LogP contribution in [0.15, 0.2) is 18.2 Å². The van der Waals surface area contributed by atoms with Gasteiger partial charge in [-0.05, 0) is 25.5 Å². The smallest absolute Gasteiger partial charge is 0.311 e. The van der Waals surface area contributed by atoms with E-state index in [1.807, 2.05) is 6.92 Å². The number of amides is 1. The van der Waals surface area contributed by atoms with Gasteiger partial charge in [0.1, 0.15) is 6.29 Å². The summed E-state index contributed by atoms with van der Waals surface area (Å²) in [4.78, 5) is 32.5. The maximum Gasteiger partial charge on any atom is 0.311 e. The number of benzene rings is 1. The van der Waals surface area contributed by atoms with Crippen molar-refractivity contribution >= 4 is 17.9 Å². The van der Waals surface area contributed by atoms with Crippen LogP contribution in [0.1, 0.15) is 30.6 Å². The number of hydrogen-bond acceptors (Lipinski definition) is 5. The van der Waals surface area contributed by atoms with Crippen molar-refractivity contribution in [2.24, 2.45) is 0 Å². The molecule has 0 aliphatic heterocycles. The number of aldehydes is 1. The van der Waals surface area contributed by atoms with Gasteiger partial charge in [-0.25, -0.2) is 0 Å². The summed E-state index contributed by atoms with van der Waals surface area (Å²) in [6.07, 6.45) is 0.434. The molecule has 0 saturated heterocycles. The third kappa shape index (κ3) is 4.04. The number of nitro benzene ring substituents is 1. The molecule has 1 aromatic carbocycles. The van der Waals surface area contributed by atoms with Gasteiger partial charge in [-0.1, -0.05) is 6.92 Å². The lowest BCUT2D eigenvalue weighted by atomic mass is 10.2. The van der Waals surface area contributed by atoms with Crippen molar-refractivity contribution in [2.75, 3.05) is 6.54 Å². The number of nitrogens with one attached hydrogen (secondary N) is 1. The van der Waals surface area contributed by atoms with Gasteiger partial charge in [0, 0.05) is 18.2 Å². The molecule has 1 aromatic rings. The first-order valence-electron chi connectivity index (χ1n) is 6.17. The Hall–Kier alpha value is -2.44. The fourth-order valence-electron chi connectivity index (χ4n) is 1.49. The Bertz CT molecular complexity index is 515. The van der Waals surface area contributed by atoms with Gasteiger partial charge in [-0.3, -0.25) is 19.7 Å². The van der Waals surface area contributed by atoms with E-state index in [1.165, 1.54) is 19.1 Å². The topological polar surface area (TPSA) is 98.5 Å². The average Bonchev–Trinajstić information content (AvgIpc) is 2.44. The summed E-state index contributed by atoms with van der Waals surface area (Å²) in [5.74, 6) is -0.389. The summed E-state index contributed by atoms with van der Waals surface area (Å²) in [7, 11) is 0. The maximum absolute atomic E-state index is 11.6. The average molecular weight is 280 g/mol. The Morgan fingerprint density at radius 1 is 1.55 bits per heavy atom. The van der Waals surface area contributed by atoms with Crippen LogP contribution in [0.3, 0.4) is 0 Å². The molecule has 0 aromatic heterocycles. The first kappa shape index (κ1) is 15.6. The van der Waals surface area contributed by atoms with Crippen LogP contribution in [0.25, 0.3) is 0 Å². The molecule has 1 N–H and O–H groups in total. The zero-order valence-electron chi connectivity index (χ0n) is 11.3. The van der Waals surface area contributed by atoms with Crippen molar-refractivity contribution in [1.82, 2.24) is 5.32 Å². The minimum absolute atomic E-state index is 0.0419. The van der Waals surface area contributed by atoms with Gasteiger partial charge in [0.2, 0.25) is 0 Å². The molecule has 1 atom stereocenters. The van der Waals surface area contributed by atoms with Crippen LogP contribution in [0.4, 0.5) is 5.69 Å². The number of ether oxygens (including phenoxy) is 1. The van der Waals surface area contributed by atoms with Crippen molar-refractivity contribution in [1.29, 1.82) is 0 Å². The molecule has 1 rings (SSSR count). The SMILES string of the molecule is CCCNC(=O)C(C)Oc1ccc(C=O)cc1[N+](=O)[O-]. The number of rotatable bonds is 7. The van der Waals surface area contributed by atoms with Crippen LogP contribution in [0.2, 0.25) is 0 Å². The third-order valence-corrected chi connectivity index (χ3v) is 2.54. The fraction of sp³-hybridized carbons (Fsp3) is 0.385. The normalized spacial score (nSPS) is 11.5. The Balaban J connectivity index is 2.88. The standard InChI is InChI=1S/C13H16N2O5/c1-3-6-14-13(17)9(2)20-12-5-4-10(8-16)7-11(12)15(18)19/h4-5,7-9H,3,6H2,1-2H3,(H,14,17). The highest BCUT2D eigenvalue weighted by molar-refractivity contribution is 5.81. The fourth-order valence-corrected chi connectivity index (χ4v) is 1.49. The molecule has 0 spiro atoms. The summed E-state index contributed by atoms with van der Waals surface area (Å²) < 4.78 is 5.30. The van der Waals surface area contributed by atoms with Crippen LogP contribution in [0.5, 0.6) is 5.75 Å². The Morgan fingerprint density at radius 2 is 2.25 bits per heavy atom. The predicted molar refractivity (Wildman–Crippen MR) is 71.9 cm³/mol. The van der Waals surface area contributed by atoms with E-state index in [2.05, 4.69) is 5.32 Å². The van der Waals surface area contributed by atoms with Crippen LogP contribution >= 0.6 is 0 Å². The molecule has 20 heavy (non-hydrogen) atoms. The third-order valence-electron chi connectivity index (χ3n) is 2.54. The molecule has 7 nitrogen and oxygen atoms in total. The van der Waals surface area contributed by atoms with Crippen molar-refractivity contribution in [3.63, 3.8) is 0 Å². The molecule has 0 aliphatic carbocycles. The lowest BCUT2D eigenvalue weighted by molar-refractivity contribution is -0.386. The molecule has 108 valence electrons. The number of carbonyl (C=O) groups is 2. The van der Waals surface area contributed by atoms with Crippen LogP contribution in [-0.4, -0.2) is 29.8 Å². The van der Waals surface area contributed by atoms with Gasteiger partial charge in [-0.2, -0.15) is 0 Å². The Morgan fingerprint density at radius 3 is 2.80 bits per heavy atom. The van der Waals surface area contributed by atoms with E-state index in [0.717, 1.165) is 12.5 Å². The zero-order valence-corrected chi connectivity index (χ0v) is 11.3. The van der Waals surface area contributed by atoms with E-state index >= 15 is 0 Å². The van der Waals surface area contributed by atoms with Gasteiger partial charge in [-0.15, -0.1) is 0 Å². The highest BCUT2D eigenvalue weighted by Crippen LogP contribution is 2.28. The lowest BCUT2D eigenvalue weighted by Crippen LogP contribution is -2.36. The van der Waals surface area contributed by atoms with E-state index in [9.17, 15) is 19.7 Å². The van der Waals surface area contributed by atoms with E-state index in [1.54, 1.807) is 0 Å². The van der Waals surface area contributed by atoms with Gasteiger partial charge in [0.25, 0.3) is 5.91 Å². The molecule has 0 aliphatic rings. The highest BCUT2D eigenvalue weighted by atomic mass is 16.6. The molecule has 0 radical (unpaired) electrons. The first-order valence-corrected chi connectivity index (χ1v) is 6.17.